The van der Waals surface area contributed by atoms with Crippen LogP contribution in [-0.4, -0.2) is 30.1 Å². The fraction of sp³-hybridized carbons (Fsp3) is 0.667. The van der Waals surface area contributed by atoms with Crippen LogP contribution in [0.5, 0.6) is 0 Å². The molecule has 0 amide bonds. The number of aryl methyl sites for hydroxylation is 1. The molecule has 1 saturated carbocycles. The molecule has 3 rings (SSSR count). The number of nitrogens with zero attached hydrogens (tertiary/aromatic N) is 1. The molecule has 0 radical (unpaired) electrons. The summed E-state index contributed by atoms with van der Waals surface area (Å²) in [7, 11) is 0. The second-order valence-electron chi connectivity index (χ2n) is 6.56. The standard InChI is InChI=1S/C18H28N2/c1-3-18(15-8-6-14(2)7-9-15)20(17-10-11-17)13-16-5-4-12-19-16/h6-9,16-19H,3-5,10-13H2,1-2H3. The van der Waals surface area contributed by atoms with Gasteiger partial charge in [-0.15, -0.1) is 0 Å². The molecular weight excluding hydrogens is 244 g/mol. The summed E-state index contributed by atoms with van der Waals surface area (Å²) in [6.45, 7) is 6.95. The minimum absolute atomic E-state index is 0.602. The number of hydrogen-bond acceptors (Lipinski definition) is 2. The molecule has 2 aliphatic rings. The highest BCUT2D eigenvalue weighted by atomic mass is 15.2. The van der Waals surface area contributed by atoms with Crippen molar-refractivity contribution in [1.29, 1.82) is 0 Å². The van der Waals surface area contributed by atoms with E-state index < -0.39 is 0 Å². The molecule has 2 fully saturated rings. The molecule has 2 atom stereocenters. The van der Waals surface area contributed by atoms with Crippen LogP contribution in [0.1, 0.15) is 56.2 Å². The summed E-state index contributed by atoms with van der Waals surface area (Å²) in [5.74, 6) is 0. The summed E-state index contributed by atoms with van der Waals surface area (Å²) in [4.78, 5) is 2.79. The maximum Gasteiger partial charge on any atom is 0.0349 e. The number of nitrogens with one attached hydrogen (secondary N) is 1. The molecule has 2 unspecified atom stereocenters. The van der Waals surface area contributed by atoms with E-state index >= 15 is 0 Å². The Bertz CT molecular complexity index is 416. The third-order valence-electron chi connectivity index (χ3n) is 4.86. The van der Waals surface area contributed by atoms with E-state index in [1.54, 1.807) is 0 Å². The molecule has 1 aliphatic heterocycles. The largest absolute Gasteiger partial charge is 0.313 e. The lowest BCUT2D eigenvalue weighted by Gasteiger charge is -2.34. The van der Waals surface area contributed by atoms with Gasteiger partial charge in [0.1, 0.15) is 0 Å². The van der Waals surface area contributed by atoms with Gasteiger partial charge in [0.05, 0.1) is 0 Å². The highest BCUT2D eigenvalue weighted by Crippen LogP contribution is 2.36. The summed E-state index contributed by atoms with van der Waals surface area (Å²) in [5.41, 5.74) is 2.86. The second-order valence-corrected chi connectivity index (χ2v) is 6.56. The number of hydrogen-bond donors (Lipinski definition) is 1. The van der Waals surface area contributed by atoms with Crippen LogP contribution in [0.4, 0.5) is 0 Å². The molecule has 1 aliphatic carbocycles. The van der Waals surface area contributed by atoms with Crippen molar-refractivity contribution in [2.75, 3.05) is 13.1 Å². The topological polar surface area (TPSA) is 15.3 Å². The zero-order valence-corrected chi connectivity index (χ0v) is 12.9. The van der Waals surface area contributed by atoms with Crippen molar-refractivity contribution < 1.29 is 0 Å². The fourth-order valence-electron chi connectivity index (χ4n) is 3.55. The molecule has 1 heterocycles. The summed E-state index contributed by atoms with van der Waals surface area (Å²) >= 11 is 0. The number of rotatable bonds is 6. The van der Waals surface area contributed by atoms with Crippen LogP contribution in [0.25, 0.3) is 0 Å². The Kier molecular flexibility index (Phi) is 4.42. The first-order valence-corrected chi connectivity index (χ1v) is 8.33. The molecule has 110 valence electrons. The molecule has 1 saturated heterocycles. The third kappa shape index (κ3) is 3.24. The van der Waals surface area contributed by atoms with Crippen LogP contribution in [0, 0.1) is 6.92 Å². The molecule has 1 aromatic rings. The van der Waals surface area contributed by atoms with Gasteiger partial charge in [-0.2, -0.15) is 0 Å². The van der Waals surface area contributed by atoms with Crippen LogP contribution in [-0.2, 0) is 0 Å². The first-order chi connectivity index (χ1) is 9.78. The van der Waals surface area contributed by atoms with Crippen molar-refractivity contribution >= 4 is 0 Å². The molecule has 2 nitrogen and oxygen atoms in total. The highest BCUT2D eigenvalue weighted by molar-refractivity contribution is 5.24. The molecule has 0 bridgehead atoms. The molecular formula is C18H28N2. The quantitative estimate of drug-likeness (QED) is 0.850. The minimum Gasteiger partial charge on any atom is -0.313 e. The van der Waals surface area contributed by atoms with Crippen molar-refractivity contribution in [1.82, 2.24) is 10.2 Å². The SMILES string of the molecule is CCC(c1ccc(C)cc1)N(CC1CCCN1)C1CC1. The van der Waals surface area contributed by atoms with Crippen LogP contribution in [0.3, 0.4) is 0 Å². The van der Waals surface area contributed by atoms with Crippen LogP contribution < -0.4 is 5.32 Å². The van der Waals surface area contributed by atoms with Gasteiger partial charge in [-0.1, -0.05) is 36.8 Å². The maximum atomic E-state index is 3.67. The lowest BCUT2D eigenvalue weighted by atomic mass is 10.00. The smallest absolute Gasteiger partial charge is 0.0349 e. The molecule has 2 heteroatoms. The Labute approximate surface area is 123 Å². The van der Waals surface area contributed by atoms with E-state index in [4.69, 9.17) is 0 Å². The lowest BCUT2D eigenvalue weighted by molar-refractivity contribution is 0.166. The van der Waals surface area contributed by atoms with Gasteiger partial charge in [0.2, 0.25) is 0 Å². The van der Waals surface area contributed by atoms with Gasteiger partial charge >= 0.3 is 0 Å². The molecule has 1 N–H and O–H groups in total. The van der Waals surface area contributed by atoms with E-state index in [1.165, 1.54) is 56.3 Å². The third-order valence-corrected chi connectivity index (χ3v) is 4.86. The average molecular weight is 272 g/mol. The fourth-order valence-corrected chi connectivity index (χ4v) is 3.55. The van der Waals surface area contributed by atoms with E-state index in [0.717, 1.165) is 12.1 Å². The minimum atomic E-state index is 0.602. The number of benzene rings is 1. The van der Waals surface area contributed by atoms with Crippen molar-refractivity contribution in [2.45, 2.75) is 64.1 Å². The van der Waals surface area contributed by atoms with E-state index in [2.05, 4.69) is 48.3 Å². The van der Waals surface area contributed by atoms with Crippen LogP contribution >= 0.6 is 0 Å². The molecule has 0 spiro atoms. The summed E-state index contributed by atoms with van der Waals surface area (Å²) < 4.78 is 0. The Morgan fingerprint density at radius 2 is 1.95 bits per heavy atom. The highest BCUT2D eigenvalue weighted by Gasteiger charge is 2.35. The van der Waals surface area contributed by atoms with Crippen LogP contribution in [0.2, 0.25) is 0 Å². The zero-order valence-electron chi connectivity index (χ0n) is 12.9. The normalized spacial score (nSPS) is 24.2. The van der Waals surface area contributed by atoms with E-state index in [0.29, 0.717) is 6.04 Å². The van der Waals surface area contributed by atoms with Gasteiger partial charge in [-0.05, 0) is 51.1 Å². The predicted octanol–water partition coefficient (Wildman–Crippen LogP) is 3.66. The van der Waals surface area contributed by atoms with Crippen molar-refractivity contribution in [3.05, 3.63) is 35.4 Å². The van der Waals surface area contributed by atoms with Gasteiger partial charge in [-0.25, -0.2) is 0 Å². The van der Waals surface area contributed by atoms with Crippen molar-refractivity contribution in [3.8, 4) is 0 Å². The Hall–Kier alpha value is -0.860. The molecule has 0 aromatic heterocycles. The van der Waals surface area contributed by atoms with Gasteiger partial charge in [0, 0.05) is 24.7 Å². The van der Waals surface area contributed by atoms with Crippen molar-refractivity contribution in [2.24, 2.45) is 0 Å². The van der Waals surface area contributed by atoms with Gasteiger partial charge < -0.3 is 5.32 Å². The van der Waals surface area contributed by atoms with Gasteiger partial charge in [-0.3, -0.25) is 4.90 Å². The first kappa shape index (κ1) is 14.1. The summed E-state index contributed by atoms with van der Waals surface area (Å²) in [6, 6.07) is 11.3. The molecule has 20 heavy (non-hydrogen) atoms. The molecule has 1 aromatic carbocycles. The predicted molar refractivity (Wildman–Crippen MR) is 85.0 cm³/mol. The van der Waals surface area contributed by atoms with E-state index in [1.807, 2.05) is 0 Å². The zero-order chi connectivity index (χ0) is 13.9. The summed E-state index contributed by atoms with van der Waals surface area (Å²) in [5, 5.41) is 3.67. The van der Waals surface area contributed by atoms with Gasteiger partial charge in [0.15, 0.2) is 0 Å². The van der Waals surface area contributed by atoms with Crippen molar-refractivity contribution in [3.63, 3.8) is 0 Å². The Balaban J connectivity index is 1.74. The Morgan fingerprint density at radius 1 is 1.20 bits per heavy atom. The Morgan fingerprint density at radius 3 is 2.50 bits per heavy atom. The average Bonchev–Trinajstić information content (AvgIpc) is 3.18. The monoisotopic (exact) mass is 272 g/mol. The first-order valence-electron chi connectivity index (χ1n) is 8.33. The lowest BCUT2D eigenvalue weighted by Crippen LogP contribution is -2.40. The summed E-state index contributed by atoms with van der Waals surface area (Å²) in [6.07, 6.45) is 6.72. The maximum absolute atomic E-state index is 3.67. The van der Waals surface area contributed by atoms with E-state index in [-0.39, 0.29) is 0 Å². The van der Waals surface area contributed by atoms with Crippen LogP contribution in [0.15, 0.2) is 24.3 Å². The second kappa shape index (κ2) is 6.28. The van der Waals surface area contributed by atoms with Gasteiger partial charge in [0.25, 0.3) is 0 Å². The van der Waals surface area contributed by atoms with E-state index in [9.17, 15) is 0 Å².